The van der Waals surface area contributed by atoms with Crippen LogP contribution >= 0.6 is 22.6 Å². The standard InChI is InChI=1S/C12H23IOSi/c1-6-7-11-12(15(3,4)5)10(13)8-9(2)14-11/h9,11H,6-8H2,1-5H3/t9-,11+/m0/s1. The van der Waals surface area contributed by atoms with Gasteiger partial charge in [0.15, 0.2) is 0 Å². The van der Waals surface area contributed by atoms with Crippen molar-refractivity contribution in [1.82, 2.24) is 0 Å². The Morgan fingerprint density at radius 1 is 1.40 bits per heavy atom. The molecule has 0 amide bonds. The Balaban J connectivity index is 2.98. The van der Waals surface area contributed by atoms with Gasteiger partial charge in [0.25, 0.3) is 0 Å². The molecule has 0 aliphatic carbocycles. The second kappa shape index (κ2) is 5.32. The van der Waals surface area contributed by atoms with Crippen LogP contribution in [-0.4, -0.2) is 20.3 Å². The Labute approximate surface area is 109 Å². The van der Waals surface area contributed by atoms with Crippen LogP contribution in [0.5, 0.6) is 0 Å². The molecule has 0 fully saturated rings. The summed E-state index contributed by atoms with van der Waals surface area (Å²) in [6, 6.07) is 0. The summed E-state index contributed by atoms with van der Waals surface area (Å²) < 4.78 is 7.70. The molecule has 3 heteroatoms. The fourth-order valence-corrected chi connectivity index (χ4v) is 7.79. The maximum absolute atomic E-state index is 6.11. The molecular weight excluding hydrogens is 315 g/mol. The van der Waals surface area contributed by atoms with E-state index in [1.54, 1.807) is 8.78 Å². The predicted octanol–water partition coefficient (Wildman–Crippen LogP) is 4.53. The summed E-state index contributed by atoms with van der Waals surface area (Å²) in [5, 5.41) is 1.67. The minimum Gasteiger partial charge on any atom is -0.371 e. The van der Waals surface area contributed by atoms with Crippen molar-refractivity contribution in [1.29, 1.82) is 0 Å². The van der Waals surface area contributed by atoms with Gasteiger partial charge in [0.1, 0.15) is 0 Å². The largest absolute Gasteiger partial charge is 0.371 e. The van der Waals surface area contributed by atoms with Gasteiger partial charge < -0.3 is 4.74 Å². The second-order valence-corrected chi connectivity index (χ2v) is 11.8. The Morgan fingerprint density at radius 2 is 2.00 bits per heavy atom. The lowest BCUT2D eigenvalue weighted by Crippen LogP contribution is -2.39. The van der Waals surface area contributed by atoms with E-state index in [4.69, 9.17) is 4.74 Å². The minimum absolute atomic E-state index is 0.411. The number of rotatable bonds is 3. The van der Waals surface area contributed by atoms with Crippen molar-refractivity contribution >= 4 is 30.7 Å². The van der Waals surface area contributed by atoms with Gasteiger partial charge in [-0.1, -0.05) is 33.0 Å². The number of halogens is 1. The number of hydrogen-bond acceptors (Lipinski definition) is 1. The third kappa shape index (κ3) is 3.56. The molecule has 0 saturated heterocycles. The molecule has 0 N–H and O–H groups in total. The van der Waals surface area contributed by atoms with E-state index in [1.807, 2.05) is 0 Å². The van der Waals surface area contributed by atoms with E-state index >= 15 is 0 Å². The Bertz CT molecular complexity index is 255. The molecule has 0 aromatic carbocycles. The lowest BCUT2D eigenvalue weighted by atomic mass is 10.1. The highest BCUT2D eigenvalue weighted by Crippen LogP contribution is 2.37. The zero-order chi connectivity index (χ0) is 11.6. The van der Waals surface area contributed by atoms with Crippen molar-refractivity contribution in [3.8, 4) is 0 Å². The maximum atomic E-state index is 6.11. The number of ether oxygens (including phenoxy) is 1. The van der Waals surface area contributed by atoms with Crippen LogP contribution in [-0.2, 0) is 4.74 Å². The molecule has 1 aliphatic rings. The van der Waals surface area contributed by atoms with Gasteiger partial charge in [-0.25, -0.2) is 0 Å². The SMILES string of the molecule is CCC[C@H]1O[C@@H](C)CC(I)=C1[Si](C)(C)C. The molecular formula is C12H23IOSi. The zero-order valence-corrected chi connectivity index (χ0v) is 13.7. The first-order valence-electron chi connectivity index (χ1n) is 5.90. The van der Waals surface area contributed by atoms with Gasteiger partial charge in [-0.2, -0.15) is 0 Å². The van der Waals surface area contributed by atoms with Crippen molar-refractivity contribution in [2.24, 2.45) is 0 Å². The first-order chi connectivity index (χ1) is 6.86. The van der Waals surface area contributed by atoms with E-state index in [0.717, 1.165) is 6.42 Å². The molecule has 1 heterocycles. The van der Waals surface area contributed by atoms with Gasteiger partial charge >= 0.3 is 0 Å². The molecule has 1 nitrogen and oxygen atoms in total. The Morgan fingerprint density at radius 3 is 2.47 bits per heavy atom. The highest BCUT2D eigenvalue weighted by Gasteiger charge is 2.34. The van der Waals surface area contributed by atoms with Gasteiger partial charge in [0, 0.05) is 6.42 Å². The first kappa shape index (κ1) is 13.7. The minimum atomic E-state index is -1.20. The van der Waals surface area contributed by atoms with E-state index in [2.05, 4.69) is 56.1 Å². The Kier molecular flexibility index (Phi) is 4.86. The van der Waals surface area contributed by atoms with Gasteiger partial charge in [0.05, 0.1) is 20.3 Å². The molecule has 0 aromatic rings. The summed E-state index contributed by atoms with van der Waals surface area (Å²) in [6.45, 7) is 11.7. The van der Waals surface area contributed by atoms with Crippen LogP contribution in [0.1, 0.15) is 33.1 Å². The number of hydrogen-bond donors (Lipinski definition) is 0. The van der Waals surface area contributed by atoms with Crippen LogP contribution in [0.15, 0.2) is 8.78 Å². The van der Waals surface area contributed by atoms with Gasteiger partial charge in [-0.05, 0) is 44.7 Å². The van der Waals surface area contributed by atoms with Crippen molar-refractivity contribution in [2.45, 2.75) is 65.0 Å². The summed E-state index contributed by atoms with van der Waals surface area (Å²) in [7, 11) is -1.20. The summed E-state index contributed by atoms with van der Waals surface area (Å²) in [5.41, 5.74) is 0. The third-order valence-corrected chi connectivity index (χ3v) is 6.61. The molecule has 0 spiro atoms. The quantitative estimate of drug-likeness (QED) is 0.543. The molecule has 0 aromatic heterocycles. The topological polar surface area (TPSA) is 9.23 Å². The van der Waals surface area contributed by atoms with E-state index in [1.165, 1.54) is 12.8 Å². The average Bonchev–Trinajstić information content (AvgIpc) is 1.99. The molecule has 1 aliphatic heterocycles. The molecule has 0 radical (unpaired) electrons. The third-order valence-electron chi connectivity index (χ3n) is 2.84. The van der Waals surface area contributed by atoms with Crippen molar-refractivity contribution < 1.29 is 4.74 Å². The fourth-order valence-electron chi connectivity index (χ4n) is 2.30. The molecule has 15 heavy (non-hydrogen) atoms. The highest BCUT2D eigenvalue weighted by molar-refractivity contribution is 14.1. The van der Waals surface area contributed by atoms with E-state index in [9.17, 15) is 0 Å². The van der Waals surface area contributed by atoms with Gasteiger partial charge in [0.2, 0.25) is 0 Å². The fraction of sp³-hybridized carbons (Fsp3) is 0.833. The van der Waals surface area contributed by atoms with E-state index in [0.29, 0.717) is 12.2 Å². The molecule has 0 unspecified atom stereocenters. The first-order valence-corrected chi connectivity index (χ1v) is 10.5. The second-order valence-electron chi connectivity index (χ2n) is 5.50. The van der Waals surface area contributed by atoms with Crippen molar-refractivity contribution in [3.63, 3.8) is 0 Å². The molecule has 2 atom stereocenters. The average molecular weight is 338 g/mol. The van der Waals surface area contributed by atoms with Crippen LogP contribution in [0.3, 0.4) is 0 Å². The van der Waals surface area contributed by atoms with Gasteiger partial charge in [-0.3, -0.25) is 0 Å². The summed E-state index contributed by atoms with van der Waals surface area (Å²) in [5.74, 6) is 0. The smallest absolute Gasteiger partial charge is 0.0767 e. The highest BCUT2D eigenvalue weighted by atomic mass is 127. The molecule has 88 valence electrons. The van der Waals surface area contributed by atoms with Crippen LogP contribution in [0.4, 0.5) is 0 Å². The summed E-state index contributed by atoms with van der Waals surface area (Å²) in [6.07, 6.45) is 4.36. The zero-order valence-electron chi connectivity index (χ0n) is 10.6. The summed E-state index contributed by atoms with van der Waals surface area (Å²) in [4.78, 5) is 0. The van der Waals surface area contributed by atoms with Crippen LogP contribution in [0.25, 0.3) is 0 Å². The van der Waals surface area contributed by atoms with E-state index in [-0.39, 0.29) is 0 Å². The lowest BCUT2D eigenvalue weighted by Gasteiger charge is -2.37. The normalized spacial score (nSPS) is 28.4. The van der Waals surface area contributed by atoms with Crippen molar-refractivity contribution in [2.75, 3.05) is 0 Å². The maximum Gasteiger partial charge on any atom is 0.0767 e. The van der Waals surface area contributed by atoms with E-state index < -0.39 is 8.07 Å². The summed E-state index contributed by atoms with van der Waals surface area (Å²) >= 11 is 2.55. The predicted molar refractivity (Wildman–Crippen MR) is 78.3 cm³/mol. The van der Waals surface area contributed by atoms with Gasteiger partial charge in [-0.15, -0.1) is 0 Å². The lowest BCUT2D eigenvalue weighted by molar-refractivity contribution is 0.00886. The monoisotopic (exact) mass is 338 g/mol. The van der Waals surface area contributed by atoms with Crippen LogP contribution < -0.4 is 0 Å². The van der Waals surface area contributed by atoms with Crippen LogP contribution in [0.2, 0.25) is 19.6 Å². The van der Waals surface area contributed by atoms with Crippen LogP contribution in [0, 0.1) is 0 Å². The molecule has 0 saturated carbocycles. The van der Waals surface area contributed by atoms with Crippen molar-refractivity contribution in [3.05, 3.63) is 8.78 Å². The molecule has 1 rings (SSSR count). The Hall–Kier alpha value is 0.647. The molecule has 0 bridgehead atoms.